The molecule has 2 aromatic heterocycles. The minimum atomic E-state index is -1.70. The molecule has 29 heavy (non-hydrogen) atoms. The van der Waals surface area contributed by atoms with E-state index < -0.39 is 8.24 Å². The first-order valence-electron chi connectivity index (χ1n) is 11.2. The molecule has 2 aliphatic rings. The number of hydrogen-bond acceptors (Lipinski definition) is 3. The van der Waals surface area contributed by atoms with Gasteiger partial charge in [-0.05, 0) is 64.2 Å². The largest absolute Gasteiger partial charge is 0.379 e. The SMILES string of the molecule is CC(C)(C)[Si](C)(C)n1cc(Br)c2cc(C3CCC(N4CCOCC4)CC3)cnc21. The molecule has 4 rings (SSSR count). The van der Waals surface area contributed by atoms with Crippen molar-refractivity contribution in [2.45, 2.75) is 76.5 Å². The molecule has 0 spiro atoms. The Hall–Kier alpha value is -0.693. The van der Waals surface area contributed by atoms with Gasteiger partial charge >= 0.3 is 0 Å². The van der Waals surface area contributed by atoms with E-state index in [0.29, 0.717) is 5.92 Å². The third-order valence-electron chi connectivity index (χ3n) is 7.78. The van der Waals surface area contributed by atoms with Crippen molar-refractivity contribution >= 4 is 35.2 Å². The van der Waals surface area contributed by atoms with Crippen LogP contribution in [-0.2, 0) is 4.74 Å². The minimum Gasteiger partial charge on any atom is -0.379 e. The molecule has 0 amide bonds. The van der Waals surface area contributed by atoms with E-state index in [2.05, 4.69) is 77.4 Å². The van der Waals surface area contributed by atoms with E-state index in [1.54, 1.807) is 0 Å². The van der Waals surface area contributed by atoms with Gasteiger partial charge in [-0.3, -0.25) is 4.90 Å². The highest BCUT2D eigenvalue weighted by Gasteiger charge is 2.39. The van der Waals surface area contributed by atoms with Crippen molar-refractivity contribution in [3.05, 3.63) is 28.5 Å². The van der Waals surface area contributed by atoms with Crippen LogP contribution >= 0.6 is 15.9 Å². The standard InChI is InChI=1S/C23H36BrN3OSi/c1-23(2,3)29(4,5)27-16-21(24)20-14-18(15-25-22(20)27)17-6-8-19(9-7-17)26-10-12-28-13-11-26/h14-17,19H,6-13H2,1-5H3. The highest BCUT2D eigenvalue weighted by molar-refractivity contribution is 9.10. The van der Waals surface area contributed by atoms with Crippen molar-refractivity contribution < 1.29 is 4.74 Å². The second kappa shape index (κ2) is 8.10. The van der Waals surface area contributed by atoms with Crippen LogP contribution in [0.4, 0.5) is 0 Å². The van der Waals surface area contributed by atoms with E-state index in [4.69, 9.17) is 9.72 Å². The summed E-state index contributed by atoms with van der Waals surface area (Å²) in [4.78, 5) is 7.66. The van der Waals surface area contributed by atoms with Crippen LogP contribution in [0.5, 0.6) is 0 Å². The first-order valence-corrected chi connectivity index (χ1v) is 14.9. The number of fused-ring (bicyclic) bond motifs is 1. The fourth-order valence-corrected chi connectivity index (χ4v) is 7.38. The van der Waals surface area contributed by atoms with Crippen molar-refractivity contribution in [1.82, 2.24) is 14.1 Å². The Morgan fingerprint density at radius 1 is 1.10 bits per heavy atom. The lowest BCUT2D eigenvalue weighted by atomic mass is 9.81. The summed E-state index contributed by atoms with van der Waals surface area (Å²) in [5.41, 5.74) is 2.57. The summed E-state index contributed by atoms with van der Waals surface area (Å²) in [7, 11) is -1.70. The summed E-state index contributed by atoms with van der Waals surface area (Å²) < 4.78 is 9.21. The van der Waals surface area contributed by atoms with Gasteiger partial charge in [0.2, 0.25) is 0 Å². The second-order valence-corrected chi connectivity index (χ2v) is 16.4. The van der Waals surface area contributed by atoms with E-state index in [9.17, 15) is 0 Å². The van der Waals surface area contributed by atoms with Crippen LogP contribution in [0.1, 0.15) is 57.9 Å². The predicted molar refractivity (Wildman–Crippen MR) is 127 cm³/mol. The van der Waals surface area contributed by atoms with E-state index in [0.717, 1.165) is 38.0 Å². The molecule has 0 unspecified atom stereocenters. The van der Waals surface area contributed by atoms with Crippen LogP contribution < -0.4 is 0 Å². The second-order valence-electron chi connectivity index (χ2n) is 10.4. The molecule has 4 nitrogen and oxygen atoms in total. The zero-order valence-electron chi connectivity index (χ0n) is 18.7. The molecule has 2 aromatic rings. The Balaban J connectivity index is 1.54. The monoisotopic (exact) mass is 477 g/mol. The highest BCUT2D eigenvalue weighted by Crippen LogP contribution is 2.41. The van der Waals surface area contributed by atoms with E-state index >= 15 is 0 Å². The lowest BCUT2D eigenvalue weighted by molar-refractivity contribution is 0.00729. The average molecular weight is 479 g/mol. The summed E-state index contributed by atoms with van der Waals surface area (Å²) in [6.45, 7) is 16.0. The number of morpholine rings is 1. The summed E-state index contributed by atoms with van der Waals surface area (Å²) in [6.07, 6.45) is 9.60. The quantitative estimate of drug-likeness (QED) is 0.506. The van der Waals surface area contributed by atoms with Gasteiger partial charge in [0.25, 0.3) is 0 Å². The maximum absolute atomic E-state index is 5.53. The first-order chi connectivity index (χ1) is 13.7. The molecule has 1 aliphatic heterocycles. The fourth-order valence-electron chi connectivity index (χ4n) is 4.81. The molecule has 0 aromatic carbocycles. The van der Waals surface area contributed by atoms with Crippen molar-refractivity contribution in [1.29, 1.82) is 0 Å². The molecule has 6 heteroatoms. The highest BCUT2D eigenvalue weighted by atomic mass is 79.9. The molecular weight excluding hydrogens is 442 g/mol. The normalized spacial score (nSPS) is 24.9. The topological polar surface area (TPSA) is 30.3 Å². The Morgan fingerprint density at radius 3 is 2.38 bits per heavy atom. The van der Waals surface area contributed by atoms with Crippen LogP contribution in [-0.4, -0.2) is 54.7 Å². The Morgan fingerprint density at radius 2 is 1.76 bits per heavy atom. The van der Waals surface area contributed by atoms with Crippen molar-refractivity contribution in [2.75, 3.05) is 26.3 Å². The molecule has 1 saturated heterocycles. The summed E-state index contributed by atoms with van der Waals surface area (Å²) >= 11 is 3.84. The molecule has 1 saturated carbocycles. The van der Waals surface area contributed by atoms with Crippen LogP contribution in [0, 0.1) is 0 Å². The Labute approximate surface area is 185 Å². The first kappa shape index (κ1) is 21.5. The number of pyridine rings is 1. The predicted octanol–water partition coefficient (Wildman–Crippen LogP) is 6.01. The van der Waals surface area contributed by atoms with Gasteiger partial charge in [-0.15, -0.1) is 0 Å². The Kier molecular flexibility index (Phi) is 6.01. The lowest BCUT2D eigenvalue weighted by Crippen LogP contribution is -2.45. The maximum Gasteiger partial charge on any atom is 0.163 e. The number of rotatable bonds is 3. The average Bonchev–Trinajstić information content (AvgIpc) is 3.05. The molecule has 160 valence electrons. The van der Waals surface area contributed by atoms with Gasteiger partial charge in [-0.1, -0.05) is 33.9 Å². The van der Waals surface area contributed by atoms with Gasteiger partial charge in [-0.25, -0.2) is 4.98 Å². The summed E-state index contributed by atoms with van der Waals surface area (Å²) in [5.74, 6) is 0.646. The third kappa shape index (κ3) is 4.10. The third-order valence-corrected chi connectivity index (χ3v) is 13.6. The van der Waals surface area contributed by atoms with Gasteiger partial charge in [0, 0.05) is 41.4 Å². The minimum absolute atomic E-state index is 0.274. The van der Waals surface area contributed by atoms with Crippen LogP contribution in [0.25, 0.3) is 11.0 Å². The molecule has 0 bridgehead atoms. The van der Waals surface area contributed by atoms with Gasteiger partial charge in [0.05, 0.1) is 13.2 Å². The van der Waals surface area contributed by atoms with Gasteiger partial charge < -0.3 is 8.97 Å². The molecule has 0 atom stereocenters. The molecule has 1 aliphatic carbocycles. The number of halogens is 1. The maximum atomic E-state index is 5.53. The zero-order valence-corrected chi connectivity index (χ0v) is 21.3. The van der Waals surface area contributed by atoms with Gasteiger partial charge in [-0.2, -0.15) is 0 Å². The molecule has 0 radical (unpaired) electrons. The van der Waals surface area contributed by atoms with E-state index in [1.807, 2.05) is 0 Å². The number of hydrogen-bond donors (Lipinski definition) is 0. The number of nitrogens with zero attached hydrogens (tertiary/aromatic N) is 3. The van der Waals surface area contributed by atoms with E-state index in [1.165, 1.54) is 41.1 Å². The number of ether oxygens (including phenoxy) is 1. The van der Waals surface area contributed by atoms with Crippen LogP contribution in [0.15, 0.2) is 22.9 Å². The molecule has 2 fully saturated rings. The van der Waals surface area contributed by atoms with Crippen LogP contribution in [0.2, 0.25) is 18.1 Å². The van der Waals surface area contributed by atoms with Crippen molar-refractivity contribution in [3.63, 3.8) is 0 Å². The fraction of sp³-hybridized carbons (Fsp3) is 0.696. The number of aromatic nitrogens is 2. The summed E-state index contributed by atoms with van der Waals surface area (Å²) in [5, 5.41) is 1.55. The molecule has 3 heterocycles. The van der Waals surface area contributed by atoms with Crippen LogP contribution in [0.3, 0.4) is 0 Å². The smallest absolute Gasteiger partial charge is 0.163 e. The lowest BCUT2D eigenvalue weighted by Gasteiger charge is -2.39. The van der Waals surface area contributed by atoms with Gasteiger partial charge in [0.15, 0.2) is 8.24 Å². The molecule has 0 N–H and O–H groups in total. The summed E-state index contributed by atoms with van der Waals surface area (Å²) in [6, 6.07) is 3.16. The Bertz CT molecular complexity index is 859. The van der Waals surface area contributed by atoms with Crippen molar-refractivity contribution in [2.24, 2.45) is 0 Å². The van der Waals surface area contributed by atoms with Gasteiger partial charge in [0.1, 0.15) is 5.65 Å². The van der Waals surface area contributed by atoms with E-state index in [-0.39, 0.29) is 5.04 Å². The molecular formula is C23H36BrN3OSi. The zero-order chi connectivity index (χ0) is 20.8. The van der Waals surface area contributed by atoms with Crippen molar-refractivity contribution in [3.8, 4) is 0 Å².